The number of nitrogens with zero attached hydrogens (tertiary/aromatic N) is 2. The SMILES string of the molecule is CCCC(=O)N=C1S[C@H]2CS(=O)(=O)C[C@H]2N1c1cccc(Br)c1. The number of benzene rings is 1. The maximum atomic E-state index is 12.0. The normalized spacial score (nSPS) is 27.4. The van der Waals surface area contributed by atoms with Crippen LogP contribution in [0.2, 0.25) is 0 Å². The van der Waals surface area contributed by atoms with Gasteiger partial charge in [-0.1, -0.05) is 40.7 Å². The number of amidine groups is 1. The summed E-state index contributed by atoms with van der Waals surface area (Å²) in [7, 11) is -3.03. The molecule has 2 fully saturated rings. The molecule has 0 spiro atoms. The molecule has 0 N–H and O–H groups in total. The summed E-state index contributed by atoms with van der Waals surface area (Å²) in [6.45, 7) is 1.94. The minimum absolute atomic E-state index is 0.0628. The van der Waals surface area contributed by atoms with E-state index in [2.05, 4.69) is 20.9 Å². The number of amides is 1. The number of hydrogen-bond donors (Lipinski definition) is 0. The fraction of sp³-hybridized carbons (Fsp3) is 0.467. The van der Waals surface area contributed by atoms with E-state index in [1.54, 1.807) is 0 Å². The molecule has 5 nitrogen and oxygen atoms in total. The molecule has 1 aromatic rings. The van der Waals surface area contributed by atoms with E-state index < -0.39 is 9.84 Å². The van der Waals surface area contributed by atoms with Crippen LogP contribution in [0.5, 0.6) is 0 Å². The van der Waals surface area contributed by atoms with Crippen molar-refractivity contribution in [2.45, 2.75) is 31.1 Å². The summed E-state index contributed by atoms with van der Waals surface area (Å²) in [4.78, 5) is 18.1. The molecule has 0 aliphatic carbocycles. The zero-order valence-corrected chi connectivity index (χ0v) is 15.8. The first kappa shape index (κ1) is 17.0. The number of anilines is 1. The van der Waals surface area contributed by atoms with Crippen LogP contribution in [0.4, 0.5) is 5.69 Å². The first-order valence-corrected chi connectivity index (χ1v) is 10.9. The second-order valence-corrected chi connectivity index (χ2v) is 9.96. The first-order valence-electron chi connectivity index (χ1n) is 7.43. The molecule has 3 rings (SSSR count). The first-order chi connectivity index (χ1) is 10.9. The van der Waals surface area contributed by atoms with Crippen LogP contribution in [0.25, 0.3) is 0 Å². The molecule has 0 unspecified atom stereocenters. The molecule has 2 aliphatic heterocycles. The number of carbonyl (C=O) groups is 1. The van der Waals surface area contributed by atoms with Gasteiger partial charge in [0.05, 0.1) is 17.5 Å². The van der Waals surface area contributed by atoms with Crippen molar-refractivity contribution in [2.24, 2.45) is 4.99 Å². The third-order valence-electron chi connectivity index (χ3n) is 3.84. The van der Waals surface area contributed by atoms with Crippen LogP contribution in [0.1, 0.15) is 19.8 Å². The Hall–Kier alpha value is -0.860. The molecular weight excluding hydrogens is 400 g/mol. The van der Waals surface area contributed by atoms with Crippen molar-refractivity contribution < 1.29 is 13.2 Å². The molecule has 0 saturated carbocycles. The number of fused-ring (bicyclic) bond motifs is 1. The highest BCUT2D eigenvalue weighted by Crippen LogP contribution is 2.41. The molecule has 8 heteroatoms. The highest BCUT2D eigenvalue weighted by Gasteiger charge is 2.49. The van der Waals surface area contributed by atoms with E-state index in [0.29, 0.717) is 11.6 Å². The van der Waals surface area contributed by atoms with Gasteiger partial charge in [-0.3, -0.25) is 4.79 Å². The lowest BCUT2D eigenvalue weighted by Crippen LogP contribution is -2.37. The fourth-order valence-corrected chi connectivity index (χ4v) is 7.19. The van der Waals surface area contributed by atoms with Crippen LogP contribution in [0.3, 0.4) is 0 Å². The molecule has 1 amide bonds. The number of thioether (sulfide) groups is 1. The van der Waals surface area contributed by atoms with Gasteiger partial charge in [0.25, 0.3) is 0 Å². The summed E-state index contributed by atoms with van der Waals surface area (Å²) in [5.41, 5.74) is 0.861. The highest BCUT2D eigenvalue weighted by molar-refractivity contribution is 9.10. The van der Waals surface area contributed by atoms with Crippen LogP contribution in [0, 0.1) is 0 Å². The highest BCUT2D eigenvalue weighted by atomic mass is 79.9. The summed E-state index contributed by atoms with van der Waals surface area (Å²) < 4.78 is 24.8. The lowest BCUT2D eigenvalue weighted by molar-refractivity contribution is -0.117. The van der Waals surface area contributed by atoms with Crippen LogP contribution in [-0.4, -0.2) is 42.3 Å². The van der Waals surface area contributed by atoms with Crippen molar-refractivity contribution >= 4 is 54.3 Å². The largest absolute Gasteiger partial charge is 0.316 e. The lowest BCUT2D eigenvalue weighted by atomic mass is 10.2. The molecule has 124 valence electrons. The minimum Gasteiger partial charge on any atom is -0.316 e. The molecule has 1 aromatic carbocycles. The van der Waals surface area contributed by atoms with Gasteiger partial charge in [0.2, 0.25) is 5.91 Å². The van der Waals surface area contributed by atoms with E-state index in [0.717, 1.165) is 16.6 Å². The number of aliphatic imine (C=N–C) groups is 1. The summed E-state index contributed by atoms with van der Waals surface area (Å²) in [6.07, 6.45) is 1.16. The maximum absolute atomic E-state index is 12.0. The Labute approximate surface area is 148 Å². The number of sulfone groups is 1. The molecule has 2 saturated heterocycles. The second-order valence-electron chi connectivity index (χ2n) is 5.69. The average molecular weight is 417 g/mol. The van der Waals surface area contributed by atoms with Crippen LogP contribution < -0.4 is 4.90 Å². The van der Waals surface area contributed by atoms with Crippen LogP contribution in [0.15, 0.2) is 33.7 Å². The Kier molecular flexibility index (Phi) is 4.85. The maximum Gasteiger partial charge on any atom is 0.248 e. The molecule has 0 aromatic heterocycles. The Morgan fingerprint density at radius 3 is 2.91 bits per heavy atom. The number of halogens is 1. The molecular formula is C15H17BrN2O3S2. The van der Waals surface area contributed by atoms with E-state index in [1.165, 1.54) is 11.8 Å². The minimum atomic E-state index is -3.03. The molecule has 2 aliphatic rings. The Morgan fingerprint density at radius 2 is 2.22 bits per heavy atom. The van der Waals surface area contributed by atoms with Crippen LogP contribution in [-0.2, 0) is 14.6 Å². The fourth-order valence-electron chi connectivity index (χ4n) is 2.87. The van der Waals surface area contributed by atoms with E-state index in [4.69, 9.17) is 0 Å². The van der Waals surface area contributed by atoms with Crippen molar-refractivity contribution in [2.75, 3.05) is 16.4 Å². The quantitative estimate of drug-likeness (QED) is 0.757. The van der Waals surface area contributed by atoms with E-state index in [9.17, 15) is 13.2 Å². The predicted molar refractivity (Wildman–Crippen MR) is 97.8 cm³/mol. The smallest absolute Gasteiger partial charge is 0.248 e. The predicted octanol–water partition coefficient (Wildman–Crippen LogP) is 2.85. The Balaban J connectivity index is 1.99. The van der Waals surface area contributed by atoms with E-state index >= 15 is 0 Å². The summed E-state index contributed by atoms with van der Waals surface area (Å²) in [5.74, 6) is 0.101. The molecule has 0 radical (unpaired) electrons. The van der Waals surface area contributed by atoms with Crippen molar-refractivity contribution in [3.63, 3.8) is 0 Å². The molecule has 0 bridgehead atoms. The standard InChI is InChI=1S/C15H17BrN2O3S2/c1-2-4-14(19)17-15-18(11-6-3-5-10(16)7-11)12-8-23(20,21)9-13(12)22-15/h3,5-7,12-13H,2,4,8-9H2,1H3/t12-,13+/m1/s1. The topological polar surface area (TPSA) is 66.8 Å². The van der Waals surface area contributed by atoms with Crippen molar-refractivity contribution in [1.29, 1.82) is 0 Å². The number of hydrogen-bond acceptors (Lipinski definition) is 4. The van der Waals surface area contributed by atoms with E-state index in [1.807, 2.05) is 36.1 Å². The Bertz CT molecular complexity index is 764. The summed E-state index contributed by atoms with van der Waals surface area (Å²) in [6, 6.07) is 7.49. The van der Waals surface area contributed by atoms with E-state index in [-0.39, 0.29) is 28.7 Å². The molecule has 2 heterocycles. The monoisotopic (exact) mass is 416 g/mol. The second kappa shape index (κ2) is 6.57. The van der Waals surface area contributed by atoms with Gasteiger partial charge in [0.1, 0.15) is 0 Å². The van der Waals surface area contributed by atoms with Gasteiger partial charge in [-0.15, -0.1) is 0 Å². The number of rotatable bonds is 3. The van der Waals surface area contributed by atoms with Gasteiger partial charge in [0, 0.05) is 21.8 Å². The van der Waals surface area contributed by atoms with Crippen LogP contribution >= 0.6 is 27.7 Å². The van der Waals surface area contributed by atoms with Crippen molar-refractivity contribution in [3.8, 4) is 0 Å². The van der Waals surface area contributed by atoms with Gasteiger partial charge >= 0.3 is 0 Å². The van der Waals surface area contributed by atoms with Crippen molar-refractivity contribution in [3.05, 3.63) is 28.7 Å². The van der Waals surface area contributed by atoms with Gasteiger partial charge in [-0.2, -0.15) is 4.99 Å². The van der Waals surface area contributed by atoms with Crippen molar-refractivity contribution in [1.82, 2.24) is 0 Å². The number of carbonyl (C=O) groups excluding carboxylic acids is 1. The summed E-state index contributed by atoms with van der Waals surface area (Å²) >= 11 is 4.85. The third-order valence-corrected chi connectivity index (χ3v) is 7.54. The van der Waals surface area contributed by atoms with Gasteiger partial charge in [0.15, 0.2) is 15.0 Å². The van der Waals surface area contributed by atoms with Gasteiger partial charge in [-0.25, -0.2) is 8.42 Å². The third kappa shape index (κ3) is 3.64. The molecule has 2 atom stereocenters. The summed E-state index contributed by atoms with van der Waals surface area (Å²) in [5, 5.41) is 0.554. The average Bonchev–Trinajstić information content (AvgIpc) is 2.89. The van der Waals surface area contributed by atoms with Gasteiger partial charge in [-0.05, 0) is 24.6 Å². The van der Waals surface area contributed by atoms with Gasteiger partial charge < -0.3 is 4.90 Å². The Morgan fingerprint density at radius 1 is 1.43 bits per heavy atom. The molecule has 23 heavy (non-hydrogen) atoms. The zero-order valence-electron chi connectivity index (χ0n) is 12.6. The zero-order chi connectivity index (χ0) is 16.6. The lowest BCUT2D eigenvalue weighted by Gasteiger charge is -2.24.